The van der Waals surface area contributed by atoms with Crippen molar-refractivity contribution in [3.05, 3.63) is 35.4 Å². The quantitative estimate of drug-likeness (QED) is 0.854. The third kappa shape index (κ3) is 3.00. The molecular formula is C14H14BrF2NO2. The molecule has 2 rings (SSSR count). The van der Waals surface area contributed by atoms with E-state index < -0.39 is 17.8 Å². The van der Waals surface area contributed by atoms with Gasteiger partial charge in [-0.15, -0.1) is 0 Å². The van der Waals surface area contributed by atoms with Gasteiger partial charge < -0.3 is 10.0 Å². The summed E-state index contributed by atoms with van der Waals surface area (Å²) in [7, 11) is 0. The Balaban J connectivity index is 2.43. The van der Waals surface area contributed by atoms with Gasteiger partial charge in [0.1, 0.15) is 5.75 Å². The molecule has 0 aliphatic carbocycles. The van der Waals surface area contributed by atoms with E-state index in [-0.39, 0.29) is 11.7 Å². The number of rotatable bonds is 3. The van der Waals surface area contributed by atoms with Gasteiger partial charge >= 0.3 is 0 Å². The average Bonchev–Trinajstić information content (AvgIpc) is 2.36. The number of aromatic hydroxyl groups is 1. The molecule has 0 bridgehead atoms. The lowest BCUT2D eigenvalue weighted by molar-refractivity contribution is -0.129. The predicted octanol–water partition coefficient (Wildman–Crippen LogP) is 3.30. The molecule has 3 nitrogen and oxygen atoms in total. The number of aryl methyl sites for hydroxylation is 1. The van der Waals surface area contributed by atoms with Crippen molar-refractivity contribution in [1.82, 2.24) is 4.90 Å². The number of allylic oxidation sites excluding steroid dienone is 1. The van der Waals surface area contributed by atoms with Gasteiger partial charge in [-0.2, -0.15) is 0 Å². The third-order valence-corrected chi connectivity index (χ3v) is 3.91. The second-order valence-electron chi connectivity index (χ2n) is 4.63. The van der Waals surface area contributed by atoms with Gasteiger partial charge in [0.15, 0.2) is 0 Å². The summed E-state index contributed by atoms with van der Waals surface area (Å²) in [5, 5.41) is 9.41. The van der Waals surface area contributed by atoms with E-state index in [0.29, 0.717) is 17.7 Å². The van der Waals surface area contributed by atoms with E-state index in [0.717, 1.165) is 10.5 Å². The molecular weight excluding hydrogens is 332 g/mol. The summed E-state index contributed by atoms with van der Waals surface area (Å²) in [5.74, 6) is -0.261. The molecule has 0 radical (unpaired) electrons. The molecule has 1 aliphatic rings. The van der Waals surface area contributed by atoms with Crippen LogP contribution in [0.4, 0.5) is 8.78 Å². The number of amides is 1. The Hall–Kier alpha value is -1.43. The van der Waals surface area contributed by atoms with E-state index in [1.807, 2.05) is 0 Å². The summed E-state index contributed by atoms with van der Waals surface area (Å²) >= 11 is 3.19. The highest BCUT2D eigenvalue weighted by Gasteiger charge is 2.31. The van der Waals surface area contributed by atoms with Crippen molar-refractivity contribution < 1.29 is 18.7 Å². The van der Waals surface area contributed by atoms with Gasteiger partial charge in [-0.25, -0.2) is 8.78 Å². The summed E-state index contributed by atoms with van der Waals surface area (Å²) in [4.78, 5) is 12.7. The molecule has 0 spiro atoms. The summed E-state index contributed by atoms with van der Waals surface area (Å²) in [6.45, 7) is 1.13. The second kappa shape index (κ2) is 5.91. The van der Waals surface area contributed by atoms with Gasteiger partial charge in [0.05, 0.1) is 11.4 Å². The van der Waals surface area contributed by atoms with Crippen molar-refractivity contribution in [2.75, 3.05) is 6.54 Å². The van der Waals surface area contributed by atoms with Crippen LogP contribution in [0.3, 0.4) is 0 Å². The molecule has 6 heteroatoms. The summed E-state index contributed by atoms with van der Waals surface area (Å²) in [6, 6.07) is 4.66. The summed E-state index contributed by atoms with van der Waals surface area (Å²) in [5.41, 5.74) is 1.89. The first-order valence-corrected chi connectivity index (χ1v) is 7.05. The van der Waals surface area contributed by atoms with Crippen molar-refractivity contribution >= 4 is 27.5 Å². The van der Waals surface area contributed by atoms with Crippen molar-refractivity contribution in [3.63, 3.8) is 0 Å². The number of hydrogen-bond acceptors (Lipinski definition) is 2. The molecule has 0 saturated heterocycles. The molecule has 0 saturated carbocycles. The minimum absolute atomic E-state index is 0.104. The molecule has 0 fully saturated rings. The highest BCUT2D eigenvalue weighted by atomic mass is 79.9. The minimum atomic E-state index is -2.60. The lowest BCUT2D eigenvalue weighted by atomic mass is 10.00. The van der Waals surface area contributed by atoms with Crippen molar-refractivity contribution in [2.24, 2.45) is 0 Å². The fourth-order valence-corrected chi connectivity index (χ4v) is 2.66. The van der Waals surface area contributed by atoms with Crippen LogP contribution in [0.15, 0.2) is 24.3 Å². The largest absolute Gasteiger partial charge is 0.508 e. The Labute approximate surface area is 124 Å². The normalized spacial score (nSPS) is 19.4. The minimum Gasteiger partial charge on any atom is -0.508 e. The third-order valence-electron chi connectivity index (χ3n) is 3.15. The van der Waals surface area contributed by atoms with E-state index in [1.165, 1.54) is 6.07 Å². The Morgan fingerprint density at radius 1 is 1.50 bits per heavy atom. The number of phenolic OH excluding ortho intramolecular Hbond substituents is 1. The molecule has 1 amide bonds. The maximum atomic E-state index is 12.7. The topological polar surface area (TPSA) is 40.5 Å². The molecule has 1 heterocycles. The number of carbonyl (C=O) groups excluding carboxylic acids is 1. The van der Waals surface area contributed by atoms with Gasteiger partial charge in [0.2, 0.25) is 5.91 Å². The highest BCUT2D eigenvalue weighted by molar-refractivity contribution is 9.10. The van der Waals surface area contributed by atoms with E-state index in [4.69, 9.17) is 0 Å². The van der Waals surface area contributed by atoms with Gasteiger partial charge in [-0.05, 0) is 37.1 Å². The molecule has 20 heavy (non-hydrogen) atoms. The van der Waals surface area contributed by atoms with Gasteiger partial charge in [-0.3, -0.25) is 4.79 Å². The van der Waals surface area contributed by atoms with E-state index in [1.54, 1.807) is 25.1 Å². The standard InChI is InChI=1S/C14H14BrF2NO2/c1-8-6-9(19)2-3-10(8)12-5-4-11(15)14(20)18(12)7-13(16)17/h2-3,5-6,11,13,19H,4,7H2,1H3. The van der Waals surface area contributed by atoms with Crippen molar-refractivity contribution in [2.45, 2.75) is 24.6 Å². The van der Waals surface area contributed by atoms with Crippen LogP contribution >= 0.6 is 15.9 Å². The number of benzene rings is 1. The van der Waals surface area contributed by atoms with E-state index in [2.05, 4.69) is 15.9 Å². The Morgan fingerprint density at radius 2 is 2.20 bits per heavy atom. The second-order valence-corrected chi connectivity index (χ2v) is 5.74. The number of carbonyl (C=O) groups is 1. The van der Waals surface area contributed by atoms with Gasteiger partial charge in [-0.1, -0.05) is 22.0 Å². The molecule has 1 aliphatic heterocycles. The van der Waals surface area contributed by atoms with E-state index >= 15 is 0 Å². The van der Waals surface area contributed by atoms with Crippen LogP contribution in [-0.2, 0) is 4.79 Å². The summed E-state index contributed by atoms with van der Waals surface area (Å²) < 4.78 is 25.4. The Kier molecular flexibility index (Phi) is 4.42. The zero-order valence-corrected chi connectivity index (χ0v) is 12.4. The molecule has 1 unspecified atom stereocenters. The maximum absolute atomic E-state index is 12.7. The van der Waals surface area contributed by atoms with Crippen LogP contribution < -0.4 is 0 Å². The van der Waals surface area contributed by atoms with Crippen LogP contribution in [0.5, 0.6) is 5.75 Å². The van der Waals surface area contributed by atoms with Crippen LogP contribution in [0.2, 0.25) is 0 Å². The highest BCUT2D eigenvalue weighted by Crippen LogP contribution is 2.32. The van der Waals surface area contributed by atoms with Gasteiger partial charge in [0, 0.05) is 11.3 Å². The smallest absolute Gasteiger partial charge is 0.256 e. The van der Waals surface area contributed by atoms with Crippen molar-refractivity contribution in [3.8, 4) is 5.75 Å². The molecule has 1 aromatic rings. The molecule has 1 N–H and O–H groups in total. The SMILES string of the molecule is Cc1cc(O)ccc1C1=CCC(Br)C(=O)N1CC(F)F. The first-order chi connectivity index (χ1) is 9.40. The fourth-order valence-electron chi connectivity index (χ4n) is 2.23. The average molecular weight is 346 g/mol. The van der Waals surface area contributed by atoms with Crippen LogP contribution in [0.25, 0.3) is 5.70 Å². The van der Waals surface area contributed by atoms with Crippen molar-refractivity contribution in [1.29, 1.82) is 0 Å². The van der Waals surface area contributed by atoms with Crippen LogP contribution in [0, 0.1) is 6.92 Å². The number of phenols is 1. The van der Waals surface area contributed by atoms with Crippen LogP contribution in [-0.4, -0.2) is 33.7 Å². The maximum Gasteiger partial charge on any atom is 0.256 e. The number of halogens is 3. The Morgan fingerprint density at radius 3 is 2.80 bits per heavy atom. The number of nitrogens with zero attached hydrogens (tertiary/aromatic N) is 1. The first kappa shape index (κ1) is 15.0. The Bertz CT molecular complexity index is 560. The summed E-state index contributed by atoms with van der Waals surface area (Å²) in [6.07, 6.45) is -0.380. The predicted molar refractivity (Wildman–Crippen MR) is 75.9 cm³/mol. The lowest BCUT2D eigenvalue weighted by Gasteiger charge is -2.31. The monoisotopic (exact) mass is 345 g/mol. The molecule has 1 atom stereocenters. The number of hydrogen-bond donors (Lipinski definition) is 1. The fraction of sp³-hybridized carbons (Fsp3) is 0.357. The van der Waals surface area contributed by atoms with Crippen LogP contribution in [0.1, 0.15) is 17.5 Å². The molecule has 0 aromatic heterocycles. The molecule has 1 aromatic carbocycles. The first-order valence-electron chi connectivity index (χ1n) is 6.14. The lowest BCUT2D eigenvalue weighted by Crippen LogP contribution is -2.41. The molecule has 108 valence electrons. The zero-order valence-electron chi connectivity index (χ0n) is 10.8. The van der Waals surface area contributed by atoms with Gasteiger partial charge in [0.25, 0.3) is 6.43 Å². The zero-order chi connectivity index (χ0) is 14.9. The number of alkyl halides is 3. The van der Waals surface area contributed by atoms with E-state index in [9.17, 15) is 18.7 Å².